The third kappa shape index (κ3) is 4.78. The van der Waals surface area contributed by atoms with Crippen molar-refractivity contribution in [2.24, 2.45) is 5.73 Å². The van der Waals surface area contributed by atoms with E-state index in [0.29, 0.717) is 9.95 Å². The lowest BCUT2D eigenvalue weighted by atomic mass is 9.77. The number of nitrogens with two attached hydrogens (primary N) is 1. The number of alkyl halides is 3. The summed E-state index contributed by atoms with van der Waals surface area (Å²) in [5.41, 5.74) is 5.39. The van der Waals surface area contributed by atoms with Crippen LogP contribution < -0.4 is 10.5 Å². The van der Waals surface area contributed by atoms with Gasteiger partial charge in [-0.1, -0.05) is 28.1 Å². The molecule has 4 nitrogen and oxygen atoms in total. The normalized spacial score (nSPS) is 20.0. The Morgan fingerprint density at radius 2 is 1.80 bits per heavy atom. The Hall–Kier alpha value is -1.03. The van der Waals surface area contributed by atoms with E-state index in [4.69, 9.17) is 15.0 Å². The van der Waals surface area contributed by atoms with Crippen molar-refractivity contribution in [1.82, 2.24) is 0 Å². The third-order valence-electron chi connectivity index (χ3n) is 4.33. The Morgan fingerprint density at radius 3 is 2.28 bits per heavy atom. The zero-order valence-electron chi connectivity index (χ0n) is 14.4. The van der Waals surface area contributed by atoms with Gasteiger partial charge in [-0.25, -0.2) is 0 Å². The van der Waals surface area contributed by atoms with Crippen LogP contribution in [0, 0.1) is 0 Å². The van der Waals surface area contributed by atoms with Crippen molar-refractivity contribution in [2.45, 2.75) is 45.3 Å². The summed E-state index contributed by atoms with van der Waals surface area (Å²) in [5, 5.41) is 0. The standard InChI is InChI=1S/C16H20BBrF3NO3/c1-14(2)15(3,4)25-17(24-14)11(9-22)7-10-5-6-12(18)8-13(10)23-16(19,20)21/h5-8H,9,22H2,1-4H3. The minimum absolute atomic E-state index is 0.0678. The summed E-state index contributed by atoms with van der Waals surface area (Å²) in [5.74, 6) is -0.329. The van der Waals surface area contributed by atoms with E-state index in [1.165, 1.54) is 18.2 Å². The first kappa shape index (κ1) is 20.3. The van der Waals surface area contributed by atoms with Gasteiger partial charge in [0, 0.05) is 16.6 Å². The maximum absolute atomic E-state index is 12.6. The highest BCUT2D eigenvalue weighted by atomic mass is 79.9. The molecule has 0 radical (unpaired) electrons. The summed E-state index contributed by atoms with van der Waals surface area (Å²) in [6.45, 7) is 7.62. The van der Waals surface area contributed by atoms with Crippen LogP contribution in [0.15, 0.2) is 28.1 Å². The molecule has 0 atom stereocenters. The SMILES string of the molecule is CC1(C)OB(C(=Cc2ccc(Br)cc2OC(F)(F)F)CN)OC1(C)C. The summed E-state index contributed by atoms with van der Waals surface area (Å²) in [4.78, 5) is 0. The molecule has 138 valence electrons. The molecule has 1 aliphatic rings. The Bertz CT molecular complexity index is 661. The fourth-order valence-corrected chi connectivity index (χ4v) is 2.60. The second-order valence-corrected chi connectivity index (χ2v) is 7.66. The van der Waals surface area contributed by atoms with Crippen molar-refractivity contribution in [2.75, 3.05) is 6.54 Å². The van der Waals surface area contributed by atoms with E-state index in [0.717, 1.165) is 0 Å². The molecule has 0 aromatic heterocycles. The summed E-state index contributed by atoms with van der Waals surface area (Å²) < 4.78 is 54.3. The van der Waals surface area contributed by atoms with Crippen LogP contribution in [-0.4, -0.2) is 31.2 Å². The zero-order chi connectivity index (χ0) is 19.0. The van der Waals surface area contributed by atoms with Gasteiger partial charge in [-0.2, -0.15) is 0 Å². The highest BCUT2D eigenvalue weighted by Gasteiger charge is 2.52. The molecular formula is C16H20BBrF3NO3. The van der Waals surface area contributed by atoms with Gasteiger partial charge in [0.1, 0.15) is 5.75 Å². The van der Waals surface area contributed by atoms with Gasteiger partial charge >= 0.3 is 13.5 Å². The number of benzene rings is 1. The van der Waals surface area contributed by atoms with Gasteiger partial charge in [0.15, 0.2) is 0 Å². The van der Waals surface area contributed by atoms with Gasteiger partial charge in [0.2, 0.25) is 0 Å². The fraction of sp³-hybridized carbons (Fsp3) is 0.500. The molecule has 1 aromatic rings. The molecule has 0 bridgehead atoms. The van der Waals surface area contributed by atoms with E-state index in [2.05, 4.69) is 20.7 Å². The van der Waals surface area contributed by atoms with E-state index in [1.807, 2.05) is 27.7 Å². The maximum Gasteiger partial charge on any atom is 0.573 e. The molecule has 1 fully saturated rings. The number of halogens is 4. The first-order valence-corrected chi connectivity index (χ1v) is 8.45. The van der Waals surface area contributed by atoms with Crippen molar-refractivity contribution in [1.29, 1.82) is 0 Å². The summed E-state index contributed by atoms with van der Waals surface area (Å²) in [7, 11) is -0.739. The summed E-state index contributed by atoms with van der Waals surface area (Å²) >= 11 is 3.14. The average molecular weight is 422 g/mol. The topological polar surface area (TPSA) is 53.7 Å². The molecule has 1 aliphatic heterocycles. The highest BCUT2D eigenvalue weighted by molar-refractivity contribution is 9.10. The molecule has 2 rings (SSSR count). The quantitative estimate of drug-likeness (QED) is 0.735. The number of hydrogen-bond donors (Lipinski definition) is 1. The molecule has 25 heavy (non-hydrogen) atoms. The van der Waals surface area contributed by atoms with Gasteiger partial charge in [-0.05, 0) is 45.3 Å². The monoisotopic (exact) mass is 421 g/mol. The third-order valence-corrected chi connectivity index (χ3v) is 4.83. The van der Waals surface area contributed by atoms with Gasteiger partial charge < -0.3 is 19.8 Å². The van der Waals surface area contributed by atoms with E-state index in [9.17, 15) is 13.2 Å². The van der Waals surface area contributed by atoms with Crippen LogP contribution in [0.25, 0.3) is 6.08 Å². The minimum Gasteiger partial charge on any atom is -0.405 e. The second-order valence-electron chi connectivity index (χ2n) is 6.74. The molecule has 1 aromatic carbocycles. The molecule has 1 saturated heterocycles. The van der Waals surface area contributed by atoms with E-state index < -0.39 is 24.7 Å². The molecule has 2 N–H and O–H groups in total. The first-order valence-electron chi connectivity index (χ1n) is 7.66. The van der Waals surface area contributed by atoms with Crippen LogP contribution in [0.1, 0.15) is 33.3 Å². The van der Waals surface area contributed by atoms with Crippen molar-refractivity contribution in [3.63, 3.8) is 0 Å². The van der Waals surface area contributed by atoms with Gasteiger partial charge in [0.25, 0.3) is 0 Å². The molecule has 1 heterocycles. The van der Waals surface area contributed by atoms with Crippen LogP contribution in [0.4, 0.5) is 13.2 Å². The number of hydrogen-bond acceptors (Lipinski definition) is 4. The molecular weight excluding hydrogens is 402 g/mol. The maximum atomic E-state index is 12.6. The zero-order valence-corrected chi connectivity index (χ0v) is 16.0. The van der Waals surface area contributed by atoms with Gasteiger partial charge in [-0.15, -0.1) is 13.2 Å². The molecule has 0 spiro atoms. The molecule has 0 amide bonds. The van der Waals surface area contributed by atoms with Crippen LogP contribution >= 0.6 is 15.9 Å². The largest absolute Gasteiger partial charge is 0.573 e. The average Bonchev–Trinajstić information content (AvgIpc) is 2.64. The summed E-state index contributed by atoms with van der Waals surface area (Å²) in [6, 6.07) is 4.37. The van der Waals surface area contributed by atoms with Crippen molar-refractivity contribution >= 4 is 29.1 Å². The van der Waals surface area contributed by atoms with Crippen LogP contribution in [0.2, 0.25) is 0 Å². The van der Waals surface area contributed by atoms with Crippen LogP contribution in [-0.2, 0) is 9.31 Å². The lowest BCUT2D eigenvalue weighted by molar-refractivity contribution is -0.274. The van der Waals surface area contributed by atoms with Crippen molar-refractivity contribution < 1.29 is 27.2 Å². The number of ether oxygens (including phenoxy) is 1. The van der Waals surface area contributed by atoms with Crippen molar-refractivity contribution in [3.05, 3.63) is 33.7 Å². The minimum atomic E-state index is -4.80. The Balaban J connectivity index is 2.38. The first-order chi connectivity index (χ1) is 11.3. The van der Waals surface area contributed by atoms with E-state index >= 15 is 0 Å². The second kappa shape index (κ2) is 6.94. The summed E-state index contributed by atoms with van der Waals surface area (Å²) in [6.07, 6.45) is -3.29. The van der Waals surface area contributed by atoms with Crippen molar-refractivity contribution in [3.8, 4) is 5.75 Å². The highest BCUT2D eigenvalue weighted by Crippen LogP contribution is 2.39. The molecule has 0 aliphatic carbocycles. The van der Waals surface area contributed by atoms with Gasteiger partial charge in [0.05, 0.1) is 11.2 Å². The lowest BCUT2D eigenvalue weighted by Crippen LogP contribution is -2.41. The fourth-order valence-electron chi connectivity index (χ4n) is 2.26. The Morgan fingerprint density at radius 1 is 1.24 bits per heavy atom. The molecule has 9 heteroatoms. The van der Waals surface area contributed by atoms with Crippen LogP contribution in [0.3, 0.4) is 0 Å². The number of rotatable bonds is 4. The Kier molecular flexibility index (Phi) is 5.63. The molecule has 0 saturated carbocycles. The Labute approximate surface area is 153 Å². The van der Waals surface area contributed by atoms with E-state index in [-0.39, 0.29) is 17.9 Å². The predicted octanol–water partition coefficient (Wildman–Crippen LogP) is 4.32. The van der Waals surface area contributed by atoms with Crippen LogP contribution in [0.5, 0.6) is 5.75 Å². The predicted molar refractivity (Wildman–Crippen MR) is 93.9 cm³/mol. The lowest BCUT2D eigenvalue weighted by Gasteiger charge is -2.32. The van der Waals surface area contributed by atoms with E-state index in [1.54, 1.807) is 6.07 Å². The molecule has 0 unspecified atom stereocenters. The smallest absolute Gasteiger partial charge is 0.405 e. The van der Waals surface area contributed by atoms with Gasteiger partial charge in [-0.3, -0.25) is 0 Å².